The van der Waals surface area contributed by atoms with Crippen molar-refractivity contribution in [3.8, 4) is 0 Å². The van der Waals surface area contributed by atoms with E-state index >= 15 is 0 Å². The van der Waals surface area contributed by atoms with Gasteiger partial charge in [0.2, 0.25) is 5.09 Å². The lowest BCUT2D eigenvalue weighted by Crippen LogP contribution is -2.26. The topological polar surface area (TPSA) is 85.3 Å². The van der Waals surface area contributed by atoms with Gasteiger partial charge in [0.25, 0.3) is 10.0 Å². The van der Waals surface area contributed by atoms with Crippen LogP contribution in [0.3, 0.4) is 0 Å². The molecule has 1 aliphatic carbocycles. The highest BCUT2D eigenvalue weighted by atomic mass is 32.2. The van der Waals surface area contributed by atoms with Crippen LogP contribution in [0, 0.1) is 0 Å². The summed E-state index contributed by atoms with van der Waals surface area (Å²) in [6.07, 6.45) is 0.813. The van der Waals surface area contributed by atoms with Gasteiger partial charge in [0.1, 0.15) is 5.76 Å². The highest BCUT2D eigenvalue weighted by Gasteiger charge is 2.41. The maximum atomic E-state index is 12.1. The normalized spacial score (nSPS) is 21.9. The molecule has 1 aliphatic rings. The smallest absolute Gasteiger partial charge is 0.274 e. The molecule has 5 nitrogen and oxygen atoms in total. The molecule has 0 bridgehead atoms. The second-order valence-electron chi connectivity index (χ2n) is 4.91. The minimum atomic E-state index is -3.60. The Balaban J connectivity index is 1.70. The lowest BCUT2D eigenvalue weighted by atomic mass is 10.1. The van der Waals surface area contributed by atoms with Crippen LogP contribution in [0.15, 0.2) is 52.0 Å². The molecule has 0 amide bonds. The van der Waals surface area contributed by atoms with Crippen LogP contribution in [-0.4, -0.2) is 14.5 Å². The van der Waals surface area contributed by atoms with Crippen molar-refractivity contribution >= 4 is 10.0 Å². The third kappa shape index (κ3) is 2.63. The lowest BCUT2D eigenvalue weighted by Gasteiger charge is -2.04. The molecule has 106 valence electrons. The maximum absolute atomic E-state index is 12.1. The van der Waals surface area contributed by atoms with Gasteiger partial charge in [-0.2, -0.15) is 0 Å². The summed E-state index contributed by atoms with van der Waals surface area (Å²) >= 11 is 0. The zero-order valence-corrected chi connectivity index (χ0v) is 11.6. The molecule has 1 aromatic heterocycles. The second kappa shape index (κ2) is 5.05. The van der Waals surface area contributed by atoms with Crippen LogP contribution in [0.2, 0.25) is 0 Å². The standard InChI is InChI=1S/C14H16N2O3S/c15-9-11-6-7-14(19-11)20(17,18)16-13-8-12(13)10-4-2-1-3-5-10/h1-7,12-13,16H,8-9,15H2. The molecule has 1 fully saturated rings. The third-order valence-corrected chi connectivity index (χ3v) is 4.79. The van der Waals surface area contributed by atoms with Gasteiger partial charge in [-0.25, -0.2) is 13.1 Å². The molecular weight excluding hydrogens is 276 g/mol. The number of nitrogens with one attached hydrogen (secondary N) is 1. The first-order chi connectivity index (χ1) is 9.60. The van der Waals surface area contributed by atoms with E-state index in [9.17, 15) is 8.42 Å². The van der Waals surface area contributed by atoms with Gasteiger partial charge in [-0.05, 0) is 24.1 Å². The Morgan fingerprint density at radius 1 is 1.20 bits per heavy atom. The molecule has 1 saturated carbocycles. The van der Waals surface area contributed by atoms with Gasteiger partial charge < -0.3 is 10.2 Å². The Labute approximate surface area is 117 Å². The highest BCUT2D eigenvalue weighted by Crippen LogP contribution is 2.41. The van der Waals surface area contributed by atoms with Gasteiger partial charge in [-0.15, -0.1) is 0 Å². The van der Waals surface area contributed by atoms with Crippen molar-refractivity contribution in [3.05, 3.63) is 53.8 Å². The molecule has 0 saturated heterocycles. The van der Waals surface area contributed by atoms with E-state index in [0.717, 1.165) is 12.0 Å². The summed E-state index contributed by atoms with van der Waals surface area (Å²) in [6.45, 7) is 0.186. The van der Waals surface area contributed by atoms with Crippen molar-refractivity contribution in [3.63, 3.8) is 0 Å². The maximum Gasteiger partial charge on any atom is 0.274 e. The van der Waals surface area contributed by atoms with Crippen molar-refractivity contribution in [2.24, 2.45) is 5.73 Å². The van der Waals surface area contributed by atoms with E-state index in [-0.39, 0.29) is 23.6 Å². The molecular formula is C14H16N2O3S. The van der Waals surface area contributed by atoms with E-state index in [1.807, 2.05) is 30.3 Å². The van der Waals surface area contributed by atoms with Crippen molar-refractivity contribution in [2.45, 2.75) is 30.0 Å². The average molecular weight is 292 g/mol. The molecule has 0 spiro atoms. The van der Waals surface area contributed by atoms with E-state index in [4.69, 9.17) is 10.2 Å². The fourth-order valence-corrected chi connectivity index (χ4v) is 3.50. The summed E-state index contributed by atoms with van der Waals surface area (Å²) < 4.78 is 32.1. The minimum absolute atomic E-state index is 0.0613. The summed E-state index contributed by atoms with van der Waals surface area (Å²) in [6, 6.07) is 12.8. The van der Waals surface area contributed by atoms with Crippen LogP contribution >= 0.6 is 0 Å². The molecule has 2 aromatic rings. The average Bonchev–Trinajstić information content (AvgIpc) is 3.02. The predicted molar refractivity (Wildman–Crippen MR) is 74.5 cm³/mol. The van der Waals surface area contributed by atoms with Crippen LogP contribution in [0.1, 0.15) is 23.7 Å². The largest absolute Gasteiger partial charge is 0.447 e. The molecule has 6 heteroatoms. The summed E-state index contributed by atoms with van der Waals surface area (Å²) in [5.41, 5.74) is 6.56. The predicted octanol–water partition coefficient (Wildman–Crippen LogP) is 1.57. The van der Waals surface area contributed by atoms with Crippen LogP contribution < -0.4 is 10.5 Å². The molecule has 20 heavy (non-hydrogen) atoms. The molecule has 1 aromatic carbocycles. The van der Waals surface area contributed by atoms with Crippen LogP contribution in [-0.2, 0) is 16.6 Å². The molecule has 1 heterocycles. The minimum Gasteiger partial charge on any atom is -0.447 e. The zero-order chi connectivity index (χ0) is 14.2. The highest BCUT2D eigenvalue weighted by molar-refractivity contribution is 7.89. The summed E-state index contributed by atoms with van der Waals surface area (Å²) in [7, 11) is -3.60. The Bertz CT molecular complexity index is 694. The van der Waals surface area contributed by atoms with E-state index in [1.165, 1.54) is 6.07 Å². The van der Waals surface area contributed by atoms with Crippen molar-refractivity contribution < 1.29 is 12.8 Å². The summed E-state index contributed by atoms with van der Waals surface area (Å²) in [4.78, 5) is 0. The summed E-state index contributed by atoms with van der Waals surface area (Å²) in [5, 5.41) is -0.0725. The van der Waals surface area contributed by atoms with Gasteiger partial charge in [0.15, 0.2) is 0 Å². The Kier molecular flexibility index (Phi) is 3.37. The van der Waals surface area contributed by atoms with E-state index in [2.05, 4.69) is 4.72 Å². The van der Waals surface area contributed by atoms with Crippen molar-refractivity contribution in [2.75, 3.05) is 0 Å². The van der Waals surface area contributed by atoms with Gasteiger partial charge in [-0.1, -0.05) is 30.3 Å². The quantitative estimate of drug-likeness (QED) is 0.876. The van der Waals surface area contributed by atoms with Crippen LogP contribution in [0.4, 0.5) is 0 Å². The van der Waals surface area contributed by atoms with Gasteiger partial charge in [0, 0.05) is 12.0 Å². The summed E-state index contributed by atoms with van der Waals surface area (Å²) in [5.74, 6) is 0.704. The third-order valence-electron chi connectivity index (χ3n) is 3.43. The molecule has 3 rings (SSSR count). The SMILES string of the molecule is NCc1ccc(S(=O)(=O)NC2CC2c2ccccc2)o1. The molecule has 2 atom stereocenters. The fourth-order valence-electron chi connectivity index (χ4n) is 2.26. The first-order valence-electron chi connectivity index (χ1n) is 6.46. The molecule has 3 N–H and O–H groups in total. The lowest BCUT2D eigenvalue weighted by molar-refractivity contribution is 0.412. The zero-order valence-electron chi connectivity index (χ0n) is 10.8. The van der Waals surface area contributed by atoms with Gasteiger partial charge in [0.05, 0.1) is 6.54 Å². The Morgan fingerprint density at radius 2 is 1.95 bits per heavy atom. The van der Waals surface area contributed by atoms with Crippen molar-refractivity contribution in [1.82, 2.24) is 4.72 Å². The number of furan rings is 1. The first kappa shape index (κ1) is 13.4. The van der Waals surface area contributed by atoms with E-state index in [0.29, 0.717) is 5.76 Å². The molecule has 0 aliphatic heterocycles. The first-order valence-corrected chi connectivity index (χ1v) is 7.94. The van der Waals surface area contributed by atoms with Gasteiger partial charge in [-0.3, -0.25) is 0 Å². The molecule has 0 radical (unpaired) electrons. The van der Waals surface area contributed by atoms with E-state index in [1.54, 1.807) is 6.07 Å². The number of nitrogens with two attached hydrogens (primary N) is 1. The number of hydrogen-bond acceptors (Lipinski definition) is 4. The number of rotatable bonds is 5. The van der Waals surface area contributed by atoms with Crippen LogP contribution in [0.5, 0.6) is 0 Å². The van der Waals surface area contributed by atoms with E-state index < -0.39 is 10.0 Å². The van der Waals surface area contributed by atoms with Crippen molar-refractivity contribution in [1.29, 1.82) is 0 Å². The molecule has 2 unspecified atom stereocenters. The second-order valence-corrected chi connectivity index (χ2v) is 6.55. The Morgan fingerprint density at radius 3 is 2.60 bits per heavy atom. The number of hydrogen-bond donors (Lipinski definition) is 2. The Hall–Kier alpha value is -1.63. The monoisotopic (exact) mass is 292 g/mol. The number of benzene rings is 1. The van der Waals surface area contributed by atoms with Crippen LogP contribution in [0.25, 0.3) is 0 Å². The fraction of sp³-hybridized carbons (Fsp3) is 0.286. The van der Waals surface area contributed by atoms with Gasteiger partial charge >= 0.3 is 0 Å². The number of sulfonamides is 1.